The van der Waals surface area contributed by atoms with E-state index >= 15 is 0 Å². The second kappa shape index (κ2) is 8.66. The number of carbonyl (C=O) groups is 1. The third-order valence-electron chi connectivity index (χ3n) is 4.35. The lowest BCUT2D eigenvalue weighted by atomic mass is 9.91. The van der Waals surface area contributed by atoms with Crippen molar-refractivity contribution in [1.82, 2.24) is 0 Å². The van der Waals surface area contributed by atoms with Crippen LogP contribution < -0.4 is 9.47 Å². The molecular formula is C23H25FO5. The van der Waals surface area contributed by atoms with Crippen LogP contribution in [0.4, 0.5) is 9.18 Å². The Morgan fingerprint density at radius 3 is 2.41 bits per heavy atom. The molecule has 0 N–H and O–H groups in total. The number of hydrogen-bond acceptors (Lipinski definition) is 5. The highest BCUT2D eigenvalue weighted by atomic mass is 19.1. The van der Waals surface area contributed by atoms with Crippen molar-refractivity contribution in [3.8, 4) is 22.6 Å². The second-order valence-corrected chi connectivity index (χ2v) is 7.67. The normalized spacial score (nSPS) is 14.2. The number of halogens is 1. The molecule has 2 aromatic carbocycles. The van der Waals surface area contributed by atoms with Crippen molar-refractivity contribution in [2.45, 2.75) is 32.8 Å². The number of ether oxygens (including phenoxy) is 4. The molecule has 0 saturated heterocycles. The van der Waals surface area contributed by atoms with Crippen LogP contribution in [0.1, 0.15) is 32.8 Å². The van der Waals surface area contributed by atoms with Crippen LogP contribution in [-0.4, -0.2) is 32.1 Å². The average Bonchev–Trinajstić information content (AvgIpc) is 2.68. The van der Waals surface area contributed by atoms with Crippen LogP contribution in [0, 0.1) is 5.82 Å². The van der Waals surface area contributed by atoms with Gasteiger partial charge in [-0.2, -0.15) is 0 Å². The van der Waals surface area contributed by atoms with Crippen LogP contribution in [0.25, 0.3) is 16.7 Å². The Kier molecular flexibility index (Phi) is 6.23. The SMILES string of the molecule is COc1ccc(F)c(-c2ccc(OC(=O)OC(C)(C)C)cc2C2=CCOCC2)c1. The standard InChI is InChI=1S/C23H25FO5/c1-23(2,3)29-22(25)28-17-5-7-18(19(14-17)15-9-11-27-12-10-15)20-13-16(26-4)6-8-21(20)24/h5-9,13-14H,10-12H2,1-4H3. The van der Waals surface area contributed by atoms with E-state index in [4.69, 9.17) is 18.9 Å². The first kappa shape index (κ1) is 20.9. The van der Waals surface area contributed by atoms with Crippen molar-refractivity contribution in [3.05, 3.63) is 53.9 Å². The van der Waals surface area contributed by atoms with Crippen molar-refractivity contribution in [3.63, 3.8) is 0 Å². The number of carbonyl (C=O) groups excluding carboxylic acids is 1. The maximum atomic E-state index is 14.6. The summed E-state index contributed by atoms with van der Waals surface area (Å²) in [7, 11) is 1.54. The van der Waals surface area contributed by atoms with Gasteiger partial charge in [-0.05, 0) is 80.3 Å². The molecular weight excluding hydrogens is 375 g/mol. The van der Waals surface area contributed by atoms with Gasteiger partial charge in [0.15, 0.2) is 0 Å². The van der Waals surface area contributed by atoms with Crippen molar-refractivity contribution in [2.75, 3.05) is 20.3 Å². The van der Waals surface area contributed by atoms with E-state index in [0.29, 0.717) is 42.3 Å². The molecule has 0 aromatic heterocycles. The molecule has 154 valence electrons. The van der Waals surface area contributed by atoms with Gasteiger partial charge in [0.2, 0.25) is 0 Å². The van der Waals surface area contributed by atoms with Gasteiger partial charge >= 0.3 is 6.16 Å². The monoisotopic (exact) mass is 400 g/mol. The molecule has 0 saturated carbocycles. The minimum absolute atomic E-state index is 0.327. The molecule has 5 nitrogen and oxygen atoms in total. The Morgan fingerprint density at radius 2 is 1.76 bits per heavy atom. The van der Waals surface area contributed by atoms with E-state index in [1.807, 2.05) is 6.08 Å². The first-order chi connectivity index (χ1) is 13.8. The van der Waals surface area contributed by atoms with E-state index in [9.17, 15) is 9.18 Å². The maximum Gasteiger partial charge on any atom is 0.514 e. The summed E-state index contributed by atoms with van der Waals surface area (Å²) >= 11 is 0. The Hall–Kier alpha value is -2.86. The van der Waals surface area contributed by atoms with E-state index in [1.54, 1.807) is 51.1 Å². The Balaban J connectivity index is 2.03. The second-order valence-electron chi connectivity index (χ2n) is 7.67. The minimum Gasteiger partial charge on any atom is -0.497 e. The van der Waals surface area contributed by atoms with E-state index in [-0.39, 0.29) is 5.82 Å². The predicted molar refractivity (Wildman–Crippen MR) is 109 cm³/mol. The van der Waals surface area contributed by atoms with Crippen molar-refractivity contribution >= 4 is 11.7 Å². The molecule has 3 rings (SSSR count). The fourth-order valence-corrected chi connectivity index (χ4v) is 3.06. The van der Waals surface area contributed by atoms with Gasteiger partial charge in [-0.15, -0.1) is 0 Å². The Labute approximate surface area is 170 Å². The first-order valence-corrected chi connectivity index (χ1v) is 9.43. The Morgan fingerprint density at radius 1 is 1.03 bits per heavy atom. The molecule has 0 radical (unpaired) electrons. The summed E-state index contributed by atoms with van der Waals surface area (Å²) in [5.41, 5.74) is 2.22. The summed E-state index contributed by atoms with van der Waals surface area (Å²) in [5.74, 6) is 0.525. The highest BCUT2D eigenvalue weighted by Gasteiger charge is 2.20. The van der Waals surface area contributed by atoms with E-state index in [1.165, 1.54) is 13.2 Å². The molecule has 29 heavy (non-hydrogen) atoms. The van der Waals surface area contributed by atoms with Crippen LogP contribution >= 0.6 is 0 Å². The zero-order chi connectivity index (χ0) is 21.0. The van der Waals surface area contributed by atoms with Gasteiger partial charge in [-0.25, -0.2) is 9.18 Å². The van der Waals surface area contributed by atoms with Crippen molar-refractivity contribution < 1.29 is 28.1 Å². The first-order valence-electron chi connectivity index (χ1n) is 9.43. The van der Waals surface area contributed by atoms with Gasteiger partial charge in [-0.1, -0.05) is 6.08 Å². The van der Waals surface area contributed by atoms with Gasteiger partial charge in [0.1, 0.15) is 22.9 Å². The molecule has 0 amide bonds. The molecule has 0 bridgehead atoms. The third kappa shape index (κ3) is 5.35. The highest BCUT2D eigenvalue weighted by Crippen LogP contribution is 2.37. The summed E-state index contributed by atoms with van der Waals surface area (Å²) < 4.78 is 35.9. The molecule has 0 fully saturated rings. The quantitative estimate of drug-likeness (QED) is 0.493. The molecule has 0 atom stereocenters. The lowest BCUT2D eigenvalue weighted by molar-refractivity contribution is 0.0206. The predicted octanol–water partition coefficient (Wildman–Crippen LogP) is 5.62. The molecule has 1 heterocycles. The van der Waals surface area contributed by atoms with Crippen LogP contribution in [0.15, 0.2) is 42.5 Å². The molecule has 1 aliphatic rings. The van der Waals surface area contributed by atoms with E-state index in [0.717, 1.165) is 11.1 Å². The van der Waals surface area contributed by atoms with Gasteiger partial charge in [0.05, 0.1) is 20.3 Å². The van der Waals surface area contributed by atoms with Crippen molar-refractivity contribution in [1.29, 1.82) is 0 Å². The van der Waals surface area contributed by atoms with Crippen LogP contribution in [0.5, 0.6) is 11.5 Å². The maximum absolute atomic E-state index is 14.6. The topological polar surface area (TPSA) is 54.0 Å². The molecule has 0 unspecified atom stereocenters. The number of benzene rings is 2. The molecule has 1 aliphatic heterocycles. The molecule has 0 aliphatic carbocycles. The molecule has 2 aromatic rings. The zero-order valence-electron chi connectivity index (χ0n) is 17.1. The van der Waals surface area contributed by atoms with E-state index < -0.39 is 11.8 Å². The zero-order valence-corrected chi connectivity index (χ0v) is 17.1. The van der Waals surface area contributed by atoms with Crippen LogP contribution in [0.3, 0.4) is 0 Å². The van der Waals surface area contributed by atoms with E-state index in [2.05, 4.69) is 0 Å². The third-order valence-corrected chi connectivity index (χ3v) is 4.35. The van der Waals surface area contributed by atoms with Crippen LogP contribution in [0.2, 0.25) is 0 Å². The molecule has 0 spiro atoms. The fraction of sp³-hybridized carbons (Fsp3) is 0.348. The Bertz CT molecular complexity index is 927. The summed E-state index contributed by atoms with van der Waals surface area (Å²) in [5, 5.41) is 0. The van der Waals surface area contributed by atoms with Gasteiger partial charge < -0.3 is 18.9 Å². The summed E-state index contributed by atoms with van der Waals surface area (Å²) in [6, 6.07) is 9.70. The van der Waals surface area contributed by atoms with Crippen LogP contribution in [-0.2, 0) is 9.47 Å². The average molecular weight is 400 g/mol. The summed E-state index contributed by atoms with van der Waals surface area (Å²) in [6.45, 7) is 6.35. The number of rotatable bonds is 4. The smallest absolute Gasteiger partial charge is 0.497 e. The summed E-state index contributed by atoms with van der Waals surface area (Å²) in [4.78, 5) is 12.1. The molecule has 6 heteroatoms. The van der Waals surface area contributed by atoms with Crippen molar-refractivity contribution in [2.24, 2.45) is 0 Å². The van der Waals surface area contributed by atoms with Gasteiger partial charge in [0.25, 0.3) is 0 Å². The lowest BCUT2D eigenvalue weighted by Gasteiger charge is -2.20. The lowest BCUT2D eigenvalue weighted by Crippen LogP contribution is -2.26. The fourth-order valence-electron chi connectivity index (χ4n) is 3.06. The summed E-state index contributed by atoms with van der Waals surface area (Å²) in [6.07, 6.45) is 1.84. The number of hydrogen-bond donors (Lipinski definition) is 0. The van der Waals surface area contributed by atoms with Gasteiger partial charge in [0, 0.05) is 5.56 Å². The minimum atomic E-state index is -0.787. The largest absolute Gasteiger partial charge is 0.514 e. The van der Waals surface area contributed by atoms with Gasteiger partial charge in [-0.3, -0.25) is 0 Å². The highest BCUT2D eigenvalue weighted by molar-refractivity contribution is 5.83. The number of methoxy groups -OCH3 is 1.